The lowest BCUT2D eigenvalue weighted by molar-refractivity contribution is 0.0626. The summed E-state index contributed by atoms with van der Waals surface area (Å²) in [7, 11) is -2.06. The Morgan fingerprint density at radius 3 is 2.46 bits per heavy atom. The zero-order valence-corrected chi connectivity index (χ0v) is 15.8. The summed E-state index contributed by atoms with van der Waals surface area (Å²) in [5.41, 5.74) is 0.00871. The number of hydrogen-bond acceptors (Lipinski definition) is 6. The van der Waals surface area contributed by atoms with E-state index in [4.69, 9.17) is 9.15 Å². The normalized spacial score (nSPS) is 14.7. The molecule has 8 heteroatoms. The van der Waals surface area contributed by atoms with Crippen LogP contribution in [0, 0.1) is 0 Å². The molecular weight excluding hydrogens is 382 g/mol. The molecule has 1 fully saturated rings. The maximum absolute atomic E-state index is 12.7. The summed E-state index contributed by atoms with van der Waals surface area (Å²) < 4.78 is 36.0. The van der Waals surface area contributed by atoms with Crippen molar-refractivity contribution in [2.24, 2.45) is 0 Å². The van der Waals surface area contributed by atoms with Gasteiger partial charge in [0.15, 0.2) is 21.0 Å². The number of sulfone groups is 1. The van der Waals surface area contributed by atoms with Crippen LogP contribution in [0.4, 0.5) is 0 Å². The van der Waals surface area contributed by atoms with Gasteiger partial charge in [-0.05, 0) is 36.4 Å². The van der Waals surface area contributed by atoms with Crippen molar-refractivity contribution in [2.45, 2.75) is 10.1 Å². The number of likely N-dealkylation sites (tertiary alicyclic amines) is 1. The largest absolute Gasteiger partial charge is 0.497 e. The molecule has 0 bridgehead atoms. The lowest BCUT2D eigenvalue weighted by atomic mass is 10.1. The van der Waals surface area contributed by atoms with Crippen molar-refractivity contribution in [1.29, 1.82) is 0 Å². The van der Waals surface area contributed by atoms with Crippen LogP contribution in [0.1, 0.15) is 10.6 Å². The fraction of sp³-hybridized carbons (Fsp3) is 0.200. The van der Waals surface area contributed by atoms with Crippen LogP contribution >= 0.6 is 0 Å². The number of rotatable bonds is 4. The Kier molecular flexibility index (Phi) is 4.43. The lowest BCUT2D eigenvalue weighted by Crippen LogP contribution is -2.56. The number of fused-ring (bicyclic) bond motifs is 1. The van der Waals surface area contributed by atoms with Crippen LogP contribution in [0.2, 0.25) is 0 Å². The molecule has 28 heavy (non-hydrogen) atoms. The Morgan fingerprint density at radius 1 is 1.11 bits per heavy atom. The van der Waals surface area contributed by atoms with Crippen LogP contribution in [0.5, 0.6) is 5.75 Å². The number of nitrogens with zero attached hydrogens (tertiary/aromatic N) is 1. The fourth-order valence-corrected chi connectivity index (χ4v) is 4.78. The summed E-state index contributed by atoms with van der Waals surface area (Å²) in [4.78, 5) is 26.3. The fourth-order valence-electron chi connectivity index (χ4n) is 3.12. The molecule has 2 aromatic carbocycles. The summed E-state index contributed by atoms with van der Waals surface area (Å²) in [5, 5.41) is -0.306. The molecular formula is C20H17NO6S. The standard InChI is InChI=1S/C20H17NO6S/c1-26-13-6-8-14(9-7-13)28(24,25)15-11-21(12-15)20(23)19-10-17(22)16-4-2-3-5-18(16)27-19/h2-10,15H,11-12H2,1H3. The van der Waals surface area contributed by atoms with Gasteiger partial charge in [-0.25, -0.2) is 8.42 Å². The van der Waals surface area contributed by atoms with Gasteiger partial charge in [-0.3, -0.25) is 9.59 Å². The van der Waals surface area contributed by atoms with Crippen LogP contribution < -0.4 is 10.2 Å². The maximum Gasteiger partial charge on any atom is 0.289 e. The average molecular weight is 399 g/mol. The molecule has 1 aliphatic heterocycles. The number of ether oxygens (including phenoxy) is 1. The molecule has 4 rings (SSSR count). The van der Waals surface area contributed by atoms with Crippen molar-refractivity contribution >= 4 is 26.7 Å². The highest BCUT2D eigenvalue weighted by atomic mass is 32.2. The molecule has 7 nitrogen and oxygen atoms in total. The predicted molar refractivity (Wildman–Crippen MR) is 102 cm³/mol. The molecule has 0 N–H and O–H groups in total. The Hall–Kier alpha value is -3.13. The first-order chi connectivity index (χ1) is 13.4. The van der Waals surface area contributed by atoms with E-state index in [0.29, 0.717) is 16.7 Å². The Morgan fingerprint density at radius 2 is 1.79 bits per heavy atom. The van der Waals surface area contributed by atoms with Crippen molar-refractivity contribution in [1.82, 2.24) is 4.90 Å². The highest BCUT2D eigenvalue weighted by Gasteiger charge is 2.41. The van der Waals surface area contributed by atoms with E-state index in [9.17, 15) is 18.0 Å². The van der Waals surface area contributed by atoms with E-state index in [2.05, 4.69) is 0 Å². The van der Waals surface area contributed by atoms with Gasteiger partial charge in [0.05, 0.1) is 17.4 Å². The zero-order valence-electron chi connectivity index (χ0n) is 15.0. The molecule has 0 unspecified atom stereocenters. The SMILES string of the molecule is COc1ccc(S(=O)(=O)C2CN(C(=O)c3cc(=O)c4ccccc4o3)C2)cc1. The summed E-state index contributed by atoms with van der Waals surface area (Å²) in [6, 6.07) is 13.9. The summed E-state index contributed by atoms with van der Waals surface area (Å²) in [5.74, 6) is -0.0243. The summed E-state index contributed by atoms with van der Waals surface area (Å²) in [6.45, 7) is 0.0907. The summed E-state index contributed by atoms with van der Waals surface area (Å²) >= 11 is 0. The minimum atomic E-state index is -3.56. The van der Waals surface area contributed by atoms with Gasteiger partial charge in [-0.15, -0.1) is 0 Å². The van der Waals surface area contributed by atoms with Gasteiger partial charge >= 0.3 is 0 Å². The van der Waals surface area contributed by atoms with Crippen LogP contribution in [0.3, 0.4) is 0 Å². The summed E-state index contributed by atoms with van der Waals surface area (Å²) in [6.07, 6.45) is 0. The molecule has 1 amide bonds. The van der Waals surface area contributed by atoms with Gasteiger partial charge < -0.3 is 14.1 Å². The molecule has 0 radical (unpaired) electrons. The van der Waals surface area contributed by atoms with E-state index in [1.165, 1.54) is 24.1 Å². The van der Waals surface area contributed by atoms with Crippen LogP contribution in [-0.2, 0) is 9.84 Å². The highest BCUT2D eigenvalue weighted by molar-refractivity contribution is 7.92. The van der Waals surface area contributed by atoms with Crippen LogP contribution in [0.15, 0.2) is 68.7 Å². The van der Waals surface area contributed by atoms with Crippen molar-refractivity contribution in [3.8, 4) is 5.75 Å². The predicted octanol–water partition coefficient (Wildman–Crippen LogP) is 2.10. The third-order valence-corrected chi connectivity index (χ3v) is 6.91. The third kappa shape index (κ3) is 3.05. The molecule has 1 saturated heterocycles. The maximum atomic E-state index is 12.7. The average Bonchev–Trinajstić information content (AvgIpc) is 2.66. The first-order valence-corrected chi connectivity index (χ1v) is 10.1. The van der Waals surface area contributed by atoms with Gasteiger partial charge in [0.1, 0.15) is 16.6 Å². The van der Waals surface area contributed by atoms with E-state index >= 15 is 0 Å². The smallest absolute Gasteiger partial charge is 0.289 e. The van der Waals surface area contributed by atoms with E-state index in [0.717, 1.165) is 6.07 Å². The number of hydrogen-bond donors (Lipinski definition) is 0. The Labute approximate surface area is 161 Å². The highest BCUT2D eigenvalue weighted by Crippen LogP contribution is 2.26. The van der Waals surface area contributed by atoms with Crippen LogP contribution in [0.25, 0.3) is 11.0 Å². The molecule has 0 spiro atoms. The van der Waals surface area contributed by atoms with E-state index < -0.39 is 21.0 Å². The second kappa shape index (κ2) is 6.79. The zero-order chi connectivity index (χ0) is 19.9. The minimum absolute atomic E-state index is 0.0454. The first-order valence-electron chi connectivity index (χ1n) is 8.60. The number of benzene rings is 2. The molecule has 2 heterocycles. The van der Waals surface area contributed by atoms with E-state index in [-0.39, 0.29) is 29.2 Å². The molecule has 0 saturated carbocycles. The third-order valence-electron chi connectivity index (χ3n) is 4.81. The van der Waals surface area contributed by atoms with Crippen molar-refractivity contribution in [3.63, 3.8) is 0 Å². The molecule has 3 aromatic rings. The van der Waals surface area contributed by atoms with Gasteiger partial charge in [-0.2, -0.15) is 0 Å². The minimum Gasteiger partial charge on any atom is -0.497 e. The molecule has 144 valence electrons. The number of carbonyl (C=O) groups excluding carboxylic acids is 1. The number of carbonyl (C=O) groups is 1. The molecule has 1 aliphatic rings. The van der Waals surface area contributed by atoms with E-state index in [1.807, 2.05) is 0 Å². The van der Waals surface area contributed by atoms with Gasteiger partial charge in [0, 0.05) is 19.2 Å². The second-order valence-corrected chi connectivity index (χ2v) is 8.75. The first kappa shape index (κ1) is 18.2. The molecule has 0 atom stereocenters. The van der Waals surface area contributed by atoms with Gasteiger partial charge in [0.25, 0.3) is 5.91 Å². The topological polar surface area (TPSA) is 93.9 Å². The second-order valence-electron chi connectivity index (χ2n) is 6.52. The molecule has 0 aliphatic carbocycles. The van der Waals surface area contributed by atoms with Gasteiger partial charge in [-0.1, -0.05) is 12.1 Å². The van der Waals surface area contributed by atoms with Crippen molar-refractivity contribution in [3.05, 3.63) is 70.6 Å². The number of para-hydroxylation sites is 1. The van der Waals surface area contributed by atoms with E-state index in [1.54, 1.807) is 36.4 Å². The quantitative estimate of drug-likeness (QED) is 0.667. The Balaban J connectivity index is 1.51. The lowest BCUT2D eigenvalue weighted by Gasteiger charge is -2.38. The monoisotopic (exact) mass is 399 g/mol. The van der Waals surface area contributed by atoms with Gasteiger partial charge in [0.2, 0.25) is 0 Å². The number of amides is 1. The Bertz CT molecular complexity index is 1210. The van der Waals surface area contributed by atoms with Crippen LogP contribution in [-0.4, -0.2) is 44.7 Å². The van der Waals surface area contributed by atoms with Crippen molar-refractivity contribution < 1.29 is 22.4 Å². The van der Waals surface area contributed by atoms with Crippen molar-refractivity contribution in [2.75, 3.05) is 20.2 Å². The number of methoxy groups -OCH3 is 1. The molecule has 1 aromatic heterocycles.